The van der Waals surface area contributed by atoms with E-state index in [2.05, 4.69) is 32.7 Å². The number of benzene rings is 1. The molecule has 2 aromatic rings. The summed E-state index contributed by atoms with van der Waals surface area (Å²) >= 11 is 0. The van der Waals surface area contributed by atoms with Crippen LogP contribution in [-0.4, -0.2) is 30.0 Å². The van der Waals surface area contributed by atoms with E-state index in [1.54, 1.807) is 6.20 Å². The fourth-order valence-corrected chi connectivity index (χ4v) is 2.05. The molecular formula is C17H22N4O. The highest BCUT2D eigenvalue weighted by molar-refractivity contribution is 5.73. The van der Waals surface area contributed by atoms with Crippen molar-refractivity contribution in [2.45, 2.75) is 19.6 Å². The molecule has 0 saturated carbocycles. The predicted octanol–water partition coefficient (Wildman–Crippen LogP) is 2.14. The van der Waals surface area contributed by atoms with Crippen LogP contribution in [0.5, 0.6) is 0 Å². The van der Waals surface area contributed by atoms with Crippen LogP contribution < -0.4 is 10.6 Å². The van der Waals surface area contributed by atoms with Crippen LogP contribution in [0.25, 0.3) is 0 Å². The summed E-state index contributed by atoms with van der Waals surface area (Å²) in [5, 5.41) is 5.63. The van der Waals surface area contributed by atoms with Crippen LogP contribution in [0.1, 0.15) is 16.8 Å². The largest absolute Gasteiger partial charge is 0.334 e. The molecule has 0 saturated heterocycles. The number of carbonyl (C=O) groups is 1. The van der Waals surface area contributed by atoms with Crippen molar-refractivity contribution in [3.05, 3.63) is 65.5 Å². The summed E-state index contributed by atoms with van der Waals surface area (Å²) in [7, 11) is 4.09. The highest BCUT2D eigenvalue weighted by Crippen LogP contribution is 2.05. The Labute approximate surface area is 131 Å². The summed E-state index contributed by atoms with van der Waals surface area (Å²) in [5.74, 6) is 0. The molecule has 2 N–H and O–H groups in total. The van der Waals surface area contributed by atoms with E-state index in [-0.39, 0.29) is 6.03 Å². The Morgan fingerprint density at radius 3 is 2.32 bits per heavy atom. The first-order valence-electron chi connectivity index (χ1n) is 7.27. The average Bonchev–Trinajstić information content (AvgIpc) is 2.53. The number of amides is 2. The van der Waals surface area contributed by atoms with Crippen molar-refractivity contribution in [1.82, 2.24) is 20.5 Å². The van der Waals surface area contributed by atoms with Crippen LogP contribution >= 0.6 is 0 Å². The molecule has 0 fully saturated rings. The molecule has 0 aliphatic carbocycles. The van der Waals surface area contributed by atoms with Gasteiger partial charge in [-0.2, -0.15) is 0 Å². The standard InChI is InChI=1S/C17H22N4O/c1-21(2)13-15-8-6-14(7-9-15)11-19-17(22)20-12-16-5-3-4-10-18-16/h3-10H,11-13H2,1-2H3,(H2,19,20,22). The number of urea groups is 1. The van der Waals surface area contributed by atoms with Gasteiger partial charge >= 0.3 is 6.03 Å². The normalized spacial score (nSPS) is 10.5. The van der Waals surface area contributed by atoms with Gasteiger partial charge in [0, 0.05) is 19.3 Å². The number of pyridine rings is 1. The third kappa shape index (κ3) is 5.54. The molecule has 5 heteroatoms. The maximum absolute atomic E-state index is 11.7. The molecular weight excluding hydrogens is 276 g/mol. The molecule has 2 amide bonds. The van der Waals surface area contributed by atoms with Crippen molar-refractivity contribution in [3.63, 3.8) is 0 Å². The average molecular weight is 298 g/mol. The van der Waals surface area contributed by atoms with Gasteiger partial charge in [0.1, 0.15) is 0 Å². The zero-order valence-corrected chi connectivity index (χ0v) is 13.0. The van der Waals surface area contributed by atoms with Crippen molar-refractivity contribution < 1.29 is 4.79 Å². The van der Waals surface area contributed by atoms with Gasteiger partial charge in [0.2, 0.25) is 0 Å². The predicted molar refractivity (Wildman–Crippen MR) is 87.1 cm³/mol. The lowest BCUT2D eigenvalue weighted by molar-refractivity contribution is 0.240. The second kappa shape index (κ2) is 8.14. The number of hydrogen-bond donors (Lipinski definition) is 2. The molecule has 0 aliphatic heterocycles. The number of hydrogen-bond acceptors (Lipinski definition) is 3. The number of rotatable bonds is 6. The zero-order valence-electron chi connectivity index (χ0n) is 13.0. The van der Waals surface area contributed by atoms with Gasteiger partial charge in [-0.25, -0.2) is 4.79 Å². The van der Waals surface area contributed by atoms with Gasteiger partial charge in [-0.1, -0.05) is 30.3 Å². The molecule has 0 atom stereocenters. The number of carbonyl (C=O) groups excluding carboxylic acids is 1. The highest BCUT2D eigenvalue weighted by Gasteiger charge is 2.02. The van der Waals surface area contributed by atoms with Gasteiger partial charge in [0.25, 0.3) is 0 Å². The van der Waals surface area contributed by atoms with Gasteiger partial charge in [0.05, 0.1) is 12.2 Å². The molecule has 0 aliphatic rings. The second-order valence-corrected chi connectivity index (χ2v) is 5.41. The van der Waals surface area contributed by atoms with E-state index in [0.29, 0.717) is 13.1 Å². The van der Waals surface area contributed by atoms with Gasteiger partial charge < -0.3 is 15.5 Å². The van der Waals surface area contributed by atoms with Crippen LogP contribution in [0.2, 0.25) is 0 Å². The Morgan fingerprint density at radius 1 is 1.00 bits per heavy atom. The van der Waals surface area contributed by atoms with Crippen LogP contribution in [0.3, 0.4) is 0 Å². The maximum atomic E-state index is 11.7. The summed E-state index contributed by atoms with van der Waals surface area (Å²) in [4.78, 5) is 18.0. The highest BCUT2D eigenvalue weighted by atomic mass is 16.2. The van der Waals surface area contributed by atoms with Gasteiger partial charge in [-0.15, -0.1) is 0 Å². The molecule has 1 heterocycles. The van der Waals surface area contributed by atoms with Crippen LogP contribution in [-0.2, 0) is 19.6 Å². The topological polar surface area (TPSA) is 57.3 Å². The molecule has 1 aromatic heterocycles. The first-order valence-corrected chi connectivity index (χ1v) is 7.27. The van der Waals surface area contributed by atoms with E-state index in [0.717, 1.165) is 17.8 Å². The van der Waals surface area contributed by atoms with Gasteiger partial charge in [0.15, 0.2) is 0 Å². The van der Waals surface area contributed by atoms with Gasteiger partial charge in [-0.3, -0.25) is 4.98 Å². The van der Waals surface area contributed by atoms with Crippen LogP contribution in [0.15, 0.2) is 48.7 Å². The Hall–Kier alpha value is -2.40. The number of aromatic nitrogens is 1. The molecule has 116 valence electrons. The van der Waals surface area contributed by atoms with Crippen molar-refractivity contribution in [2.24, 2.45) is 0 Å². The number of nitrogens with zero attached hydrogens (tertiary/aromatic N) is 2. The van der Waals surface area contributed by atoms with E-state index in [1.807, 2.05) is 44.4 Å². The lowest BCUT2D eigenvalue weighted by Crippen LogP contribution is -2.34. The lowest BCUT2D eigenvalue weighted by Gasteiger charge is -2.11. The van der Waals surface area contributed by atoms with Crippen LogP contribution in [0, 0.1) is 0 Å². The van der Waals surface area contributed by atoms with Crippen molar-refractivity contribution in [3.8, 4) is 0 Å². The molecule has 5 nitrogen and oxygen atoms in total. The smallest absolute Gasteiger partial charge is 0.315 e. The Kier molecular flexibility index (Phi) is 5.91. The van der Waals surface area contributed by atoms with Crippen LogP contribution in [0.4, 0.5) is 4.79 Å². The summed E-state index contributed by atoms with van der Waals surface area (Å²) in [6, 6.07) is 13.7. The molecule has 0 bridgehead atoms. The maximum Gasteiger partial charge on any atom is 0.315 e. The Balaban J connectivity index is 1.74. The first kappa shape index (κ1) is 16.0. The monoisotopic (exact) mass is 298 g/mol. The lowest BCUT2D eigenvalue weighted by atomic mass is 10.1. The quantitative estimate of drug-likeness (QED) is 0.859. The Morgan fingerprint density at radius 2 is 1.68 bits per heavy atom. The third-order valence-corrected chi connectivity index (χ3v) is 3.13. The van der Waals surface area contributed by atoms with Crippen molar-refractivity contribution in [1.29, 1.82) is 0 Å². The van der Waals surface area contributed by atoms with Crippen molar-refractivity contribution >= 4 is 6.03 Å². The zero-order chi connectivity index (χ0) is 15.8. The molecule has 0 radical (unpaired) electrons. The van der Waals surface area contributed by atoms with E-state index < -0.39 is 0 Å². The molecule has 1 aromatic carbocycles. The SMILES string of the molecule is CN(C)Cc1ccc(CNC(=O)NCc2ccccn2)cc1. The summed E-state index contributed by atoms with van der Waals surface area (Å²) in [5.41, 5.74) is 3.18. The first-order chi connectivity index (χ1) is 10.6. The van der Waals surface area contributed by atoms with E-state index in [1.165, 1.54) is 5.56 Å². The molecule has 0 unspecified atom stereocenters. The van der Waals surface area contributed by atoms with Gasteiger partial charge in [-0.05, 0) is 37.4 Å². The minimum atomic E-state index is -0.192. The van der Waals surface area contributed by atoms with Crippen molar-refractivity contribution in [2.75, 3.05) is 14.1 Å². The molecule has 0 spiro atoms. The minimum absolute atomic E-state index is 0.192. The summed E-state index contributed by atoms with van der Waals surface area (Å²) in [6.07, 6.45) is 1.71. The number of nitrogens with one attached hydrogen (secondary N) is 2. The molecule has 2 rings (SSSR count). The van der Waals surface area contributed by atoms with E-state index >= 15 is 0 Å². The van der Waals surface area contributed by atoms with E-state index in [4.69, 9.17) is 0 Å². The molecule has 22 heavy (non-hydrogen) atoms. The third-order valence-electron chi connectivity index (χ3n) is 3.13. The minimum Gasteiger partial charge on any atom is -0.334 e. The van der Waals surface area contributed by atoms with E-state index in [9.17, 15) is 4.79 Å². The Bertz CT molecular complexity index is 581. The second-order valence-electron chi connectivity index (χ2n) is 5.41. The fraction of sp³-hybridized carbons (Fsp3) is 0.294. The fourth-order valence-electron chi connectivity index (χ4n) is 2.05. The summed E-state index contributed by atoms with van der Waals surface area (Å²) < 4.78 is 0. The summed E-state index contributed by atoms with van der Waals surface area (Å²) in [6.45, 7) is 1.85.